The van der Waals surface area contributed by atoms with E-state index in [1.54, 1.807) is 0 Å². The average molecular weight is 377 g/mol. The van der Waals surface area contributed by atoms with Gasteiger partial charge in [0.15, 0.2) is 17.5 Å². The first-order chi connectivity index (χ1) is 11.8. The Labute approximate surface area is 146 Å². The fourth-order valence-corrected chi connectivity index (χ4v) is 2.41. The zero-order valence-electron chi connectivity index (χ0n) is 12.6. The summed E-state index contributed by atoms with van der Waals surface area (Å²) in [5.41, 5.74) is 4.84. The minimum Gasteiger partial charge on any atom is -0.768 e. The number of ether oxygens (including phenoxy) is 1. The standard InChI is InChI=1S/C15H13F3N2O4S.2H2/c16-10-6-9(7-11(17)14(10)18)20-15(21)8-1-2-12(24-4-3-19)13(5-8)25(22)23;;/h1-2,5-7H,3-4,19H2,(H,20,21)(H,22,23);2*1H/p-1. The topological polar surface area (TPSA) is 104 Å². The van der Waals surface area contributed by atoms with Crippen LogP contribution < -0.4 is 15.8 Å². The maximum absolute atomic E-state index is 13.2. The van der Waals surface area contributed by atoms with Crippen molar-refractivity contribution in [1.82, 2.24) is 0 Å². The van der Waals surface area contributed by atoms with Crippen molar-refractivity contribution in [3.05, 3.63) is 53.3 Å². The highest BCUT2D eigenvalue weighted by atomic mass is 32.2. The molecule has 2 aromatic rings. The number of amides is 1. The van der Waals surface area contributed by atoms with Gasteiger partial charge in [-0.2, -0.15) is 0 Å². The molecule has 2 rings (SSSR count). The summed E-state index contributed by atoms with van der Waals surface area (Å²) in [6.07, 6.45) is 0. The molecular weight excluding hydrogens is 361 g/mol. The van der Waals surface area contributed by atoms with Crippen LogP contribution in [0.2, 0.25) is 0 Å². The van der Waals surface area contributed by atoms with Crippen LogP contribution in [-0.2, 0) is 11.1 Å². The molecule has 1 unspecified atom stereocenters. The Morgan fingerprint density at radius 1 is 1.24 bits per heavy atom. The van der Waals surface area contributed by atoms with Gasteiger partial charge in [0.1, 0.15) is 12.4 Å². The van der Waals surface area contributed by atoms with Crippen LogP contribution in [0.1, 0.15) is 13.2 Å². The van der Waals surface area contributed by atoms with Gasteiger partial charge >= 0.3 is 0 Å². The summed E-state index contributed by atoms with van der Waals surface area (Å²) in [7, 11) is 0. The predicted molar refractivity (Wildman–Crippen MR) is 86.7 cm³/mol. The molecule has 0 aliphatic carbocycles. The SMILES string of the molecule is NCCOc1ccc(C(=O)Nc2cc(F)c(F)c(F)c2)cc1S(=O)[O-].[HH].[HH]. The van der Waals surface area contributed by atoms with Crippen LogP contribution in [0.4, 0.5) is 18.9 Å². The highest BCUT2D eigenvalue weighted by Gasteiger charge is 2.15. The van der Waals surface area contributed by atoms with E-state index in [0.717, 1.165) is 6.07 Å². The first-order valence-electron chi connectivity index (χ1n) is 6.85. The molecule has 0 fully saturated rings. The van der Waals surface area contributed by atoms with E-state index in [0.29, 0.717) is 12.1 Å². The van der Waals surface area contributed by atoms with E-state index in [4.69, 9.17) is 10.5 Å². The van der Waals surface area contributed by atoms with E-state index >= 15 is 0 Å². The molecule has 1 atom stereocenters. The Balaban J connectivity index is 0.00000338. The number of rotatable bonds is 6. The minimum absolute atomic E-state index is 0. The average Bonchev–Trinajstić information content (AvgIpc) is 2.57. The lowest BCUT2D eigenvalue weighted by atomic mass is 10.2. The molecule has 0 saturated carbocycles. The molecule has 138 valence electrons. The molecule has 0 aliphatic heterocycles. The lowest BCUT2D eigenvalue weighted by Crippen LogP contribution is -2.15. The van der Waals surface area contributed by atoms with Gasteiger partial charge in [0.05, 0.1) is 4.90 Å². The van der Waals surface area contributed by atoms with Gasteiger partial charge < -0.3 is 20.3 Å². The zero-order valence-corrected chi connectivity index (χ0v) is 13.4. The highest BCUT2D eigenvalue weighted by molar-refractivity contribution is 7.79. The fraction of sp³-hybridized carbons (Fsp3) is 0.133. The maximum atomic E-state index is 13.2. The second kappa shape index (κ2) is 8.10. The number of benzene rings is 2. The largest absolute Gasteiger partial charge is 0.768 e. The molecule has 0 aliphatic rings. The van der Waals surface area contributed by atoms with Crippen molar-refractivity contribution in [2.75, 3.05) is 18.5 Å². The van der Waals surface area contributed by atoms with Gasteiger partial charge in [-0.15, -0.1) is 0 Å². The second-order valence-electron chi connectivity index (χ2n) is 4.74. The Kier molecular flexibility index (Phi) is 6.12. The number of nitrogens with two attached hydrogens (primary N) is 1. The van der Waals surface area contributed by atoms with E-state index < -0.39 is 34.4 Å². The molecule has 10 heteroatoms. The van der Waals surface area contributed by atoms with Gasteiger partial charge in [0.2, 0.25) is 0 Å². The molecule has 3 N–H and O–H groups in total. The predicted octanol–water partition coefficient (Wildman–Crippen LogP) is 2.42. The van der Waals surface area contributed by atoms with Crippen molar-refractivity contribution < 1.29 is 34.3 Å². The van der Waals surface area contributed by atoms with Gasteiger partial charge in [-0.05, 0) is 29.3 Å². The second-order valence-corrected chi connectivity index (χ2v) is 5.65. The van der Waals surface area contributed by atoms with Gasteiger partial charge in [-0.3, -0.25) is 9.00 Å². The lowest BCUT2D eigenvalue weighted by Gasteiger charge is -2.14. The van der Waals surface area contributed by atoms with Crippen LogP contribution in [-0.4, -0.2) is 27.8 Å². The first kappa shape index (κ1) is 18.9. The molecule has 0 spiro atoms. The Bertz CT molecular complexity index is 820. The number of carbonyl (C=O) groups is 1. The van der Waals surface area contributed by atoms with Crippen LogP contribution >= 0.6 is 0 Å². The van der Waals surface area contributed by atoms with E-state index in [9.17, 15) is 26.7 Å². The van der Waals surface area contributed by atoms with Crippen molar-refractivity contribution in [1.29, 1.82) is 0 Å². The van der Waals surface area contributed by atoms with Crippen LogP contribution in [0, 0.1) is 17.5 Å². The number of hydrogen-bond donors (Lipinski definition) is 2. The Morgan fingerprint density at radius 2 is 1.88 bits per heavy atom. The molecule has 0 bridgehead atoms. The van der Waals surface area contributed by atoms with Crippen LogP contribution in [0.5, 0.6) is 5.75 Å². The van der Waals surface area contributed by atoms with Crippen LogP contribution in [0.3, 0.4) is 0 Å². The molecule has 2 aromatic carbocycles. The monoisotopic (exact) mass is 377 g/mol. The minimum atomic E-state index is -2.69. The summed E-state index contributed by atoms with van der Waals surface area (Å²) in [6.45, 7) is 0.235. The summed E-state index contributed by atoms with van der Waals surface area (Å²) < 4.78 is 66.9. The van der Waals surface area contributed by atoms with Crippen molar-refractivity contribution >= 4 is 22.7 Å². The Hall–Kier alpha value is -2.43. The molecule has 25 heavy (non-hydrogen) atoms. The molecule has 0 aromatic heterocycles. The molecule has 1 amide bonds. The van der Waals surface area contributed by atoms with E-state index in [1.165, 1.54) is 12.1 Å². The van der Waals surface area contributed by atoms with Crippen molar-refractivity contribution in [2.24, 2.45) is 5.73 Å². The number of anilines is 1. The van der Waals surface area contributed by atoms with Crippen LogP contribution in [0.15, 0.2) is 35.2 Å². The number of carbonyl (C=O) groups excluding carboxylic acids is 1. The maximum Gasteiger partial charge on any atom is 0.255 e. The zero-order chi connectivity index (χ0) is 18.6. The van der Waals surface area contributed by atoms with E-state index in [-0.39, 0.29) is 37.9 Å². The summed E-state index contributed by atoms with van der Waals surface area (Å²) >= 11 is -2.69. The normalized spacial score (nSPS) is 11.9. The number of nitrogens with one attached hydrogen (secondary N) is 1. The number of hydrogen-bond acceptors (Lipinski definition) is 5. The van der Waals surface area contributed by atoms with Crippen molar-refractivity contribution in [3.63, 3.8) is 0 Å². The van der Waals surface area contributed by atoms with E-state index in [1.807, 2.05) is 0 Å². The van der Waals surface area contributed by atoms with Crippen molar-refractivity contribution in [2.45, 2.75) is 4.90 Å². The summed E-state index contributed by atoms with van der Waals surface area (Å²) in [5.74, 6) is -5.44. The molecular formula is C15H16F3N2O4S-. The molecule has 0 saturated heterocycles. The van der Waals surface area contributed by atoms with Gasteiger partial charge in [0.25, 0.3) is 5.91 Å². The van der Waals surface area contributed by atoms with Crippen LogP contribution in [0.25, 0.3) is 0 Å². The third-order valence-electron chi connectivity index (χ3n) is 3.00. The number of halogens is 3. The molecule has 6 nitrogen and oxygen atoms in total. The van der Waals surface area contributed by atoms with Gasteiger partial charge in [-0.25, -0.2) is 13.2 Å². The van der Waals surface area contributed by atoms with Gasteiger partial charge in [0, 0.05) is 32.8 Å². The van der Waals surface area contributed by atoms with Crippen molar-refractivity contribution in [3.8, 4) is 5.75 Å². The molecule has 0 heterocycles. The third-order valence-corrected chi connectivity index (χ3v) is 3.68. The van der Waals surface area contributed by atoms with Gasteiger partial charge in [-0.1, -0.05) is 0 Å². The lowest BCUT2D eigenvalue weighted by molar-refractivity contribution is 0.102. The third kappa shape index (κ3) is 4.56. The quantitative estimate of drug-likeness (QED) is 0.594. The summed E-state index contributed by atoms with van der Waals surface area (Å²) in [6, 6.07) is 4.74. The highest BCUT2D eigenvalue weighted by Crippen LogP contribution is 2.24. The first-order valence-corrected chi connectivity index (χ1v) is 7.93. The molecule has 0 radical (unpaired) electrons. The summed E-state index contributed by atoms with van der Waals surface area (Å²) in [5, 5.41) is 2.15. The van der Waals surface area contributed by atoms with E-state index in [2.05, 4.69) is 5.32 Å². The fourth-order valence-electron chi connectivity index (χ4n) is 1.90. The Morgan fingerprint density at radius 3 is 2.44 bits per heavy atom. The smallest absolute Gasteiger partial charge is 0.255 e. The summed E-state index contributed by atoms with van der Waals surface area (Å²) in [4.78, 5) is 11.8.